The molecule has 3 nitrogen and oxygen atoms in total. The van der Waals surface area contributed by atoms with Crippen LogP contribution in [0.4, 0.5) is 0 Å². The molecule has 0 aliphatic heterocycles. The Labute approximate surface area is 82.0 Å². The summed E-state index contributed by atoms with van der Waals surface area (Å²) in [5, 5.41) is 4.00. The summed E-state index contributed by atoms with van der Waals surface area (Å²) >= 11 is 0. The Morgan fingerprint density at radius 2 is 1.91 bits per heavy atom. The third-order valence-corrected chi connectivity index (χ3v) is 1.49. The van der Waals surface area contributed by atoms with Gasteiger partial charge in [0, 0.05) is 5.96 Å². The smallest absolute Gasteiger partial charge is 0.427 e. The summed E-state index contributed by atoms with van der Waals surface area (Å²) in [5.74, 6) is 0.801. The Hall–Kier alpha value is -0.107. The molecule has 0 spiro atoms. The SMILES string of the molecule is CN=C([N-]C)N(C)C(C)C.[Ru+]. The van der Waals surface area contributed by atoms with Crippen molar-refractivity contribution in [2.45, 2.75) is 19.9 Å². The zero-order chi connectivity index (χ0) is 8.15. The van der Waals surface area contributed by atoms with Crippen molar-refractivity contribution in [3.8, 4) is 0 Å². The molecule has 0 aromatic rings. The number of rotatable bonds is 1. The second-order valence-corrected chi connectivity index (χ2v) is 2.45. The molecule has 0 aromatic carbocycles. The summed E-state index contributed by atoms with van der Waals surface area (Å²) < 4.78 is 0. The van der Waals surface area contributed by atoms with Gasteiger partial charge in [-0.15, -0.1) is 0 Å². The van der Waals surface area contributed by atoms with E-state index in [2.05, 4.69) is 24.2 Å². The van der Waals surface area contributed by atoms with Crippen LogP contribution in [0.25, 0.3) is 5.32 Å². The first kappa shape index (κ1) is 13.5. The van der Waals surface area contributed by atoms with E-state index < -0.39 is 0 Å². The maximum Gasteiger partial charge on any atom is 1.00 e. The number of nitrogens with zero attached hydrogens (tertiary/aromatic N) is 3. The maximum absolute atomic E-state index is 4.00. The zero-order valence-corrected chi connectivity index (χ0v) is 9.51. The van der Waals surface area contributed by atoms with Crippen molar-refractivity contribution in [3.63, 3.8) is 0 Å². The Morgan fingerprint density at radius 1 is 1.45 bits per heavy atom. The molecule has 1 radical (unpaired) electrons. The van der Waals surface area contributed by atoms with E-state index in [0.717, 1.165) is 5.96 Å². The Morgan fingerprint density at radius 3 is 2.00 bits per heavy atom. The van der Waals surface area contributed by atoms with Crippen molar-refractivity contribution >= 4 is 5.96 Å². The van der Waals surface area contributed by atoms with Gasteiger partial charge in [0.25, 0.3) is 0 Å². The summed E-state index contributed by atoms with van der Waals surface area (Å²) in [5.41, 5.74) is 0. The molecule has 4 heteroatoms. The summed E-state index contributed by atoms with van der Waals surface area (Å²) in [6, 6.07) is 0.461. The summed E-state index contributed by atoms with van der Waals surface area (Å²) in [6.07, 6.45) is 0. The van der Waals surface area contributed by atoms with Crippen LogP contribution in [-0.4, -0.2) is 38.0 Å². The fraction of sp³-hybridized carbons (Fsp3) is 0.857. The van der Waals surface area contributed by atoms with Crippen LogP contribution in [0, 0.1) is 0 Å². The first-order valence-corrected chi connectivity index (χ1v) is 3.43. The Kier molecular flexibility index (Phi) is 8.08. The van der Waals surface area contributed by atoms with Crippen LogP contribution in [0.1, 0.15) is 13.8 Å². The van der Waals surface area contributed by atoms with E-state index >= 15 is 0 Å². The first-order chi connectivity index (χ1) is 4.63. The summed E-state index contributed by atoms with van der Waals surface area (Å²) in [7, 11) is 5.49. The normalized spacial score (nSPS) is 10.9. The monoisotopic (exact) mass is 244 g/mol. The van der Waals surface area contributed by atoms with Gasteiger partial charge in [-0.25, -0.2) is 0 Å². The minimum Gasteiger partial charge on any atom is -0.427 e. The summed E-state index contributed by atoms with van der Waals surface area (Å²) in [4.78, 5) is 6.03. The number of guanidine groups is 1. The van der Waals surface area contributed by atoms with Gasteiger partial charge in [-0.3, -0.25) is 0 Å². The van der Waals surface area contributed by atoms with Gasteiger partial charge < -0.3 is 15.2 Å². The second-order valence-electron chi connectivity index (χ2n) is 2.45. The molecule has 11 heavy (non-hydrogen) atoms. The topological polar surface area (TPSA) is 29.7 Å². The fourth-order valence-corrected chi connectivity index (χ4v) is 0.646. The first-order valence-electron chi connectivity index (χ1n) is 3.43. The van der Waals surface area contributed by atoms with Gasteiger partial charge in [-0.1, -0.05) is 13.8 Å². The average Bonchev–Trinajstić information content (AvgIpc) is 1.90. The molecule has 0 rings (SSSR count). The van der Waals surface area contributed by atoms with Crippen LogP contribution in [0.2, 0.25) is 0 Å². The quantitative estimate of drug-likeness (QED) is 0.388. The third-order valence-electron chi connectivity index (χ3n) is 1.49. The molecule has 0 fully saturated rings. The summed E-state index contributed by atoms with van der Waals surface area (Å²) in [6.45, 7) is 4.22. The van der Waals surface area contributed by atoms with Gasteiger partial charge in [-0.05, 0) is 27.2 Å². The van der Waals surface area contributed by atoms with E-state index in [1.165, 1.54) is 0 Å². The largest absolute Gasteiger partial charge is 1.00 e. The van der Waals surface area contributed by atoms with Crippen molar-refractivity contribution in [1.82, 2.24) is 4.90 Å². The molecular formula is C7H16N3Ru. The van der Waals surface area contributed by atoms with Crippen molar-refractivity contribution in [2.75, 3.05) is 21.1 Å². The zero-order valence-electron chi connectivity index (χ0n) is 7.77. The van der Waals surface area contributed by atoms with Crippen LogP contribution < -0.4 is 0 Å². The van der Waals surface area contributed by atoms with E-state index in [-0.39, 0.29) is 19.5 Å². The predicted octanol–water partition coefficient (Wildman–Crippen LogP) is 1.31. The van der Waals surface area contributed by atoms with Gasteiger partial charge in [-0.2, -0.15) is 0 Å². The van der Waals surface area contributed by atoms with Gasteiger partial charge in [0.05, 0.1) is 0 Å². The molecule has 0 bridgehead atoms. The van der Waals surface area contributed by atoms with Crippen molar-refractivity contribution in [3.05, 3.63) is 5.32 Å². The van der Waals surface area contributed by atoms with Crippen LogP contribution in [0.5, 0.6) is 0 Å². The molecule has 0 heterocycles. The minimum absolute atomic E-state index is 0. The third kappa shape index (κ3) is 4.36. The maximum atomic E-state index is 4.00. The Bertz CT molecular complexity index is 123. The van der Waals surface area contributed by atoms with Gasteiger partial charge in [0.2, 0.25) is 0 Å². The number of aliphatic imine (C=N–C) groups is 1. The van der Waals surface area contributed by atoms with Gasteiger partial charge >= 0.3 is 19.5 Å². The molecule has 0 saturated carbocycles. The molecule has 67 valence electrons. The molecule has 0 aromatic heterocycles. The molecule has 0 aliphatic rings. The molecule has 0 amide bonds. The van der Waals surface area contributed by atoms with Crippen molar-refractivity contribution in [1.29, 1.82) is 0 Å². The van der Waals surface area contributed by atoms with E-state index in [4.69, 9.17) is 0 Å². The number of hydrogen-bond acceptors (Lipinski definition) is 1. The molecule has 0 aliphatic carbocycles. The molecule has 0 atom stereocenters. The standard InChI is InChI=1S/C7H16N3.Ru/c1-6(2)10(5)7(8-3)9-4;/h6H,1-5H3;/q-1;+1. The van der Waals surface area contributed by atoms with Gasteiger partial charge in [0.15, 0.2) is 0 Å². The van der Waals surface area contributed by atoms with E-state index in [0.29, 0.717) is 6.04 Å². The van der Waals surface area contributed by atoms with E-state index in [1.807, 2.05) is 11.9 Å². The van der Waals surface area contributed by atoms with Crippen LogP contribution in [-0.2, 0) is 19.5 Å². The minimum atomic E-state index is 0. The second kappa shape index (κ2) is 6.59. The molecule has 0 unspecified atom stereocenters. The predicted molar refractivity (Wildman–Crippen MR) is 45.5 cm³/mol. The van der Waals surface area contributed by atoms with Crippen LogP contribution in [0.3, 0.4) is 0 Å². The van der Waals surface area contributed by atoms with E-state index in [1.54, 1.807) is 14.1 Å². The fourth-order valence-electron chi connectivity index (χ4n) is 0.646. The average molecular weight is 243 g/mol. The van der Waals surface area contributed by atoms with Crippen molar-refractivity contribution in [2.24, 2.45) is 4.99 Å². The molecular weight excluding hydrogens is 227 g/mol. The van der Waals surface area contributed by atoms with Gasteiger partial charge in [0.1, 0.15) is 0 Å². The van der Waals surface area contributed by atoms with Crippen LogP contribution in [0.15, 0.2) is 4.99 Å². The molecule has 0 N–H and O–H groups in total. The Balaban J connectivity index is 0. The van der Waals surface area contributed by atoms with Crippen LogP contribution >= 0.6 is 0 Å². The number of hydrogen-bond donors (Lipinski definition) is 0. The van der Waals surface area contributed by atoms with Crippen molar-refractivity contribution < 1.29 is 19.5 Å². The van der Waals surface area contributed by atoms with E-state index in [9.17, 15) is 0 Å². The molecule has 0 saturated heterocycles.